The lowest BCUT2D eigenvalue weighted by molar-refractivity contribution is 0.181. The average molecular weight is 437 g/mol. The van der Waals surface area contributed by atoms with Crippen molar-refractivity contribution in [3.8, 4) is 11.1 Å². The van der Waals surface area contributed by atoms with Crippen LogP contribution in [0.2, 0.25) is 5.02 Å². The Labute approximate surface area is 185 Å². The summed E-state index contributed by atoms with van der Waals surface area (Å²) in [5, 5.41) is 6.04. The van der Waals surface area contributed by atoms with Gasteiger partial charge in [-0.15, -0.1) is 0 Å². The monoisotopic (exact) mass is 436 g/mol. The van der Waals surface area contributed by atoms with Gasteiger partial charge in [0.1, 0.15) is 0 Å². The van der Waals surface area contributed by atoms with E-state index in [-0.39, 0.29) is 11.6 Å². The molecule has 4 aromatic rings. The zero-order chi connectivity index (χ0) is 21.4. The molecule has 0 N–H and O–H groups in total. The molecule has 0 saturated heterocycles. The van der Waals surface area contributed by atoms with E-state index in [0.717, 1.165) is 35.2 Å². The van der Waals surface area contributed by atoms with E-state index < -0.39 is 0 Å². The molecule has 6 nitrogen and oxygen atoms in total. The normalized spacial score (nSPS) is 15.5. The third kappa shape index (κ3) is 3.64. The van der Waals surface area contributed by atoms with Crippen LogP contribution in [-0.4, -0.2) is 26.3 Å². The maximum atomic E-state index is 13.4. The summed E-state index contributed by atoms with van der Waals surface area (Å²) >= 11 is 6.08. The van der Waals surface area contributed by atoms with Crippen LogP contribution in [0.4, 0.5) is 0 Å². The fraction of sp³-hybridized carbons (Fsp3) is 0.375. The Hall–Kier alpha value is -2.70. The lowest BCUT2D eigenvalue weighted by Gasteiger charge is -2.18. The van der Waals surface area contributed by atoms with E-state index >= 15 is 0 Å². The fourth-order valence-corrected chi connectivity index (χ4v) is 4.83. The molecule has 0 amide bonds. The molecule has 1 saturated carbocycles. The van der Waals surface area contributed by atoms with Gasteiger partial charge in [0, 0.05) is 30.6 Å². The molecule has 1 aromatic carbocycles. The molecule has 1 aliphatic carbocycles. The van der Waals surface area contributed by atoms with Crippen LogP contribution in [0, 0.1) is 0 Å². The predicted octanol–water partition coefficient (Wildman–Crippen LogP) is 5.41. The number of benzene rings is 1. The lowest BCUT2D eigenvalue weighted by atomic mass is 10.1. The highest BCUT2D eigenvalue weighted by Crippen LogP contribution is 2.31. The van der Waals surface area contributed by atoms with Gasteiger partial charge < -0.3 is 9.30 Å². The maximum absolute atomic E-state index is 13.4. The van der Waals surface area contributed by atoms with Crippen molar-refractivity contribution in [2.45, 2.75) is 51.2 Å². The molecule has 0 bridgehead atoms. The van der Waals surface area contributed by atoms with E-state index in [9.17, 15) is 4.79 Å². The van der Waals surface area contributed by atoms with Gasteiger partial charge in [-0.2, -0.15) is 5.10 Å². The Bertz CT molecular complexity index is 1290. The molecule has 0 atom stereocenters. The highest BCUT2D eigenvalue weighted by molar-refractivity contribution is 6.30. The second kappa shape index (κ2) is 8.44. The highest BCUT2D eigenvalue weighted by Gasteiger charge is 2.20. The summed E-state index contributed by atoms with van der Waals surface area (Å²) in [4.78, 5) is 18.0. The minimum atomic E-state index is 0.00985. The summed E-state index contributed by atoms with van der Waals surface area (Å²) in [7, 11) is 1.65. The molecular weight excluding hydrogens is 412 g/mol. The van der Waals surface area contributed by atoms with Gasteiger partial charge in [-0.1, -0.05) is 49.4 Å². The molecule has 1 aliphatic rings. The van der Waals surface area contributed by atoms with Crippen molar-refractivity contribution in [2.75, 3.05) is 7.11 Å². The summed E-state index contributed by atoms with van der Waals surface area (Å²) in [6, 6.07) is 9.86. The summed E-state index contributed by atoms with van der Waals surface area (Å²) in [5.41, 5.74) is 4.11. The summed E-state index contributed by atoms with van der Waals surface area (Å²) in [6.45, 7) is 0.349. The van der Waals surface area contributed by atoms with E-state index in [1.54, 1.807) is 17.8 Å². The first-order valence-electron chi connectivity index (χ1n) is 10.8. The number of halogens is 1. The Kier molecular flexibility index (Phi) is 5.50. The summed E-state index contributed by atoms with van der Waals surface area (Å²) < 4.78 is 9.07. The molecule has 31 heavy (non-hydrogen) atoms. The number of ether oxygens (including phenoxy) is 1. The summed E-state index contributed by atoms with van der Waals surface area (Å²) in [6.07, 6.45) is 10.6. The molecule has 1 fully saturated rings. The van der Waals surface area contributed by atoms with Crippen LogP contribution >= 0.6 is 11.6 Å². The van der Waals surface area contributed by atoms with Crippen LogP contribution in [0.3, 0.4) is 0 Å². The van der Waals surface area contributed by atoms with Crippen molar-refractivity contribution in [1.29, 1.82) is 0 Å². The van der Waals surface area contributed by atoms with Gasteiger partial charge >= 0.3 is 0 Å². The highest BCUT2D eigenvalue weighted by atomic mass is 35.5. The van der Waals surface area contributed by atoms with E-state index in [0.29, 0.717) is 22.7 Å². The molecule has 5 rings (SSSR count). The van der Waals surface area contributed by atoms with Gasteiger partial charge in [0.15, 0.2) is 5.65 Å². The van der Waals surface area contributed by atoms with Crippen LogP contribution in [0.15, 0.2) is 47.5 Å². The molecular formula is C24H25ClN4O2. The van der Waals surface area contributed by atoms with E-state index in [4.69, 9.17) is 21.4 Å². The number of rotatable bonds is 4. The van der Waals surface area contributed by atoms with Gasteiger partial charge in [-0.05, 0) is 36.6 Å². The zero-order valence-corrected chi connectivity index (χ0v) is 18.3. The van der Waals surface area contributed by atoms with Crippen molar-refractivity contribution < 1.29 is 4.74 Å². The fourth-order valence-electron chi connectivity index (χ4n) is 4.70. The van der Waals surface area contributed by atoms with Gasteiger partial charge in [-0.25, -0.2) is 9.50 Å². The molecule has 0 radical (unpaired) electrons. The van der Waals surface area contributed by atoms with Crippen LogP contribution in [0.1, 0.15) is 50.3 Å². The molecule has 0 aliphatic heterocycles. The number of hydrogen-bond donors (Lipinski definition) is 0. The number of hydrogen-bond acceptors (Lipinski definition) is 4. The van der Waals surface area contributed by atoms with Gasteiger partial charge in [-0.3, -0.25) is 4.79 Å². The van der Waals surface area contributed by atoms with Crippen LogP contribution in [0.5, 0.6) is 0 Å². The largest absolute Gasteiger partial charge is 0.378 e. The van der Waals surface area contributed by atoms with E-state index in [2.05, 4.69) is 4.98 Å². The van der Waals surface area contributed by atoms with Crippen molar-refractivity contribution in [1.82, 2.24) is 19.2 Å². The second-order valence-corrected chi connectivity index (χ2v) is 8.66. The number of fused-ring (bicyclic) bond motifs is 3. The number of methoxy groups -OCH3 is 1. The zero-order valence-electron chi connectivity index (χ0n) is 17.6. The minimum absolute atomic E-state index is 0.00985. The number of aromatic nitrogens is 4. The van der Waals surface area contributed by atoms with Crippen LogP contribution in [-0.2, 0) is 11.3 Å². The van der Waals surface area contributed by atoms with Crippen molar-refractivity contribution in [3.05, 3.63) is 63.8 Å². The lowest BCUT2D eigenvalue weighted by Crippen LogP contribution is -2.24. The topological polar surface area (TPSA) is 61.4 Å². The van der Waals surface area contributed by atoms with Gasteiger partial charge in [0.25, 0.3) is 5.56 Å². The van der Waals surface area contributed by atoms with Crippen LogP contribution < -0.4 is 5.56 Å². The second-order valence-electron chi connectivity index (χ2n) is 8.23. The van der Waals surface area contributed by atoms with E-state index in [1.807, 2.05) is 41.1 Å². The summed E-state index contributed by atoms with van der Waals surface area (Å²) in [5.74, 6) is 0. The maximum Gasteiger partial charge on any atom is 0.261 e. The van der Waals surface area contributed by atoms with Crippen molar-refractivity contribution in [2.24, 2.45) is 0 Å². The molecule has 3 aromatic heterocycles. The average Bonchev–Trinajstić information content (AvgIpc) is 2.94. The minimum Gasteiger partial charge on any atom is -0.378 e. The van der Waals surface area contributed by atoms with E-state index in [1.165, 1.54) is 25.7 Å². The third-order valence-corrected chi connectivity index (χ3v) is 6.50. The Morgan fingerprint density at radius 3 is 2.55 bits per heavy atom. The predicted molar refractivity (Wildman–Crippen MR) is 123 cm³/mol. The SMILES string of the molecule is COCc1nn2c(ncc3c(=O)n(C4CCCCCC4)ccc32)c1-c1ccc(Cl)cc1. The quantitative estimate of drug-likeness (QED) is 0.401. The molecule has 0 spiro atoms. The first-order chi connectivity index (χ1) is 15.2. The smallest absolute Gasteiger partial charge is 0.261 e. The Morgan fingerprint density at radius 1 is 1.10 bits per heavy atom. The number of pyridine rings is 1. The van der Waals surface area contributed by atoms with Gasteiger partial charge in [0.2, 0.25) is 0 Å². The number of nitrogens with zero attached hydrogens (tertiary/aromatic N) is 4. The van der Waals surface area contributed by atoms with Crippen LogP contribution in [0.25, 0.3) is 27.7 Å². The van der Waals surface area contributed by atoms with Crippen molar-refractivity contribution >= 4 is 28.2 Å². The third-order valence-electron chi connectivity index (χ3n) is 6.24. The standard InChI is InChI=1S/C24H25ClN4O2/c1-31-15-20-22(16-8-10-17(25)11-9-16)23-26-14-19-21(29(23)27-20)12-13-28(24(19)30)18-6-4-2-3-5-7-18/h8-14,18H,2-7,15H2,1H3. The molecule has 7 heteroatoms. The molecule has 0 unspecified atom stereocenters. The van der Waals surface area contributed by atoms with Gasteiger partial charge in [0.05, 0.1) is 28.8 Å². The molecule has 3 heterocycles. The van der Waals surface area contributed by atoms with Crippen molar-refractivity contribution in [3.63, 3.8) is 0 Å². The Balaban J connectivity index is 1.69. The first kappa shape index (κ1) is 20.2. The molecule has 160 valence electrons. The first-order valence-corrected chi connectivity index (χ1v) is 11.2. The Morgan fingerprint density at radius 2 is 1.84 bits per heavy atom.